The molecule has 1 rings (SSSR count). The lowest BCUT2D eigenvalue weighted by atomic mass is 10.0. The number of rotatable bonds is 4. The molecule has 0 aromatic heterocycles. The van der Waals surface area contributed by atoms with Crippen molar-refractivity contribution in [2.75, 3.05) is 14.2 Å². The topological polar surface area (TPSA) is 98.9 Å². The van der Waals surface area contributed by atoms with Crippen LogP contribution in [0.5, 0.6) is 5.75 Å². The molecule has 6 nitrogen and oxygen atoms in total. The number of methoxy groups -OCH3 is 2. The molecule has 0 spiro atoms. The highest BCUT2D eigenvalue weighted by Gasteiger charge is 2.23. The van der Waals surface area contributed by atoms with Gasteiger partial charge in [-0.2, -0.15) is 0 Å². The Morgan fingerprint density at radius 3 is 2.44 bits per heavy atom. The number of carboxylic acid groups (broad SMARTS) is 1. The first-order chi connectivity index (χ1) is 8.42. The number of carbonyl (C=O) groups is 2. The molecule has 18 heavy (non-hydrogen) atoms. The van der Waals surface area contributed by atoms with E-state index in [4.69, 9.17) is 15.6 Å². The third kappa shape index (κ3) is 2.57. The van der Waals surface area contributed by atoms with Gasteiger partial charge >= 0.3 is 11.9 Å². The third-order valence-corrected chi connectivity index (χ3v) is 2.30. The summed E-state index contributed by atoms with van der Waals surface area (Å²) in [7, 11) is 2.30. The fourth-order valence-corrected chi connectivity index (χ4v) is 1.41. The molecule has 1 unspecified atom stereocenters. The fraction of sp³-hybridized carbons (Fsp3) is 0.273. The van der Waals surface area contributed by atoms with Crippen LogP contribution in [0.1, 0.15) is 22.0 Å². The molecule has 0 saturated carbocycles. The van der Waals surface area contributed by atoms with Gasteiger partial charge in [0.05, 0.1) is 14.2 Å². The summed E-state index contributed by atoms with van der Waals surface area (Å²) >= 11 is 0. The molecule has 0 amide bonds. The van der Waals surface area contributed by atoms with E-state index < -0.39 is 23.8 Å². The van der Waals surface area contributed by atoms with Crippen LogP contribution < -0.4 is 10.5 Å². The summed E-state index contributed by atoms with van der Waals surface area (Å²) in [6.45, 7) is 0. The van der Waals surface area contributed by atoms with Crippen molar-refractivity contribution in [1.82, 2.24) is 0 Å². The number of ether oxygens (including phenoxy) is 2. The molecule has 0 aliphatic rings. The van der Waals surface area contributed by atoms with Crippen molar-refractivity contribution in [2.24, 2.45) is 5.73 Å². The standard InChI is InChI=1S/C11H12FNO5/c1-17-9-6(11(16)18-2)3-5(4-7(9)12)8(13)10(14)15/h3-4,8H,13H2,1-2H3,(H,14,15). The highest BCUT2D eigenvalue weighted by atomic mass is 19.1. The smallest absolute Gasteiger partial charge is 0.341 e. The van der Waals surface area contributed by atoms with Crippen molar-refractivity contribution in [2.45, 2.75) is 6.04 Å². The Hall–Kier alpha value is -2.15. The SMILES string of the molecule is COC(=O)c1cc(C(N)C(=O)O)cc(F)c1OC. The maximum Gasteiger partial charge on any atom is 0.341 e. The van der Waals surface area contributed by atoms with Gasteiger partial charge < -0.3 is 20.3 Å². The molecule has 0 fully saturated rings. The highest BCUT2D eigenvalue weighted by molar-refractivity contribution is 5.93. The van der Waals surface area contributed by atoms with E-state index in [1.54, 1.807) is 0 Å². The zero-order valence-electron chi connectivity index (χ0n) is 9.77. The van der Waals surface area contributed by atoms with Gasteiger partial charge in [-0.1, -0.05) is 0 Å². The van der Waals surface area contributed by atoms with Gasteiger partial charge in [0, 0.05) is 0 Å². The number of benzene rings is 1. The Bertz CT molecular complexity index is 489. The lowest BCUT2D eigenvalue weighted by Crippen LogP contribution is -2.21. The Kier molecular flexibility index (Phi) is 4.22. The lowest BCUT2D eigenvalue weighted by Gasteiger charge is -2.12. The van der Waals surface area contributed by atoms with Crippen LogP contribution in [0.3, 0.4) is 0 Å². The highest BCUT2D eigenvalue weighted by Crippen LogP contribution is 2.27. The van der Waals surface area contributed by atoms with Crippen LogP contribution in [-0.4, -0.2) is 31.3 Å². The van der Waals surface area contributed by atoms with E-state index in [0.717, 1.165) is 19.2 Å². The average molecular weight is 257 g/mol. The van der Waals surface area contributed by atoms with Gasteiger partial charge in [-0.15, -0.1) is 0 Å². The average Bonchev–Trinajstić information content (AvgIpc) is 2.35. The molecule has 0 bridgehead atoms. The van der Waals surface area contributed by atoms with E-state index in [0.29, 0.717) is 0 Å². The van der Waals surface area contributed by atoms with Gasteiger partial charge in [-0.25, -0.2) is 9.18 Å². The molecule has 1 atom stereocenters. The predicted molar refractivity (Wildman–Crippen MR) is 58.9 cm³/mol. The number of hydrogen-bond donors (Lipinski definition) is 2. The minimum atomic E-state index is -1.44. The summed E-state index contributed by atoms with van der Waals surface area (Å²) < 4.78 is 22.8. The van der Waals surface area contributed by atoms with Crippen LogP contribution in [-0.2, 0) is 9.53 Å². The van der Waals surface area contributed by atoms with Gasteiger partial charge in [0.2, 0.25) is 0 Å². The van der Waals surface area contributed by atoms with Crippen molar-refractivity contribution in [1.29, 1.82) is 0 Å². The van der Waals surface area contributed by atoms with Crippen LogP contribution >= 0.6 is 0 Å². The lowest BCUT2D eigenvalue weighted by molar-refractivity contribution is -0.138. The van der Waals surface area contributed by atoms with Crippen molar-refractivity contribution >= 4 is 11.9 Å². The van der Waals surface area contributed by atoms with Crippen LogP contribution in [0, 0.1) is 5.82 Å². The zero-order chi connectivity index (χ0) is 13.9. The second kappa shape index (κ2) is 5.46. The number of carbonyl (C=O) groups excluding carboxylic acids is 1. The number of nitrogens with two attached hydrogens (primary N) is 1. The number of hydrogen-bond acceptors (Lipinski definition) is 5. The van der Waals surface area contributed by atoms with Gasteiger partial charge in [0.25, 0.3) is 0 Å². The van der Waals surface area contributed by atoms with Crippen molar-refractivity contribution in [3.63, 3.8) is 0 Å². The third-order valence-electron chi connectivity index (χ3n) is 2.30. The van der Waals surface area contributed by atoms with Crippen LogP contribution in [0.15, 0.2) is 12.1 Å². The summed E-state index contributed by atoms with van der Waals surface area (Å²) in [5, 5.41) is 8.74. The Labute approximate surface area is 102 Å². The van der Waals surface area contributed by atoms with E-state index in [1.165, 1.54) is 7.11 Å². The summed E-state index contributed by atoms with van der Waals surface area (Å²) in [5.41, 5.74) is 5.08. The molecular weight excluding hydrogens is 245 g/mol. The van der Waals surface area contributed by atoms with E-state index in [1.807, 2.05) is 0 Å². The first-order valence-corrected chi connectivity index (χ1v) is 4.86. The number of halogens is 1. The first kappa shape index (κ1) is 13.9. The molecule has 0 saturated heterocycles. The summed E-state index contributed by atoms with van der Waals surface area (Å²) in [5.74, 6) is -3.38. The van der Waals surface area contributed by atoms with Gasteiger partial charge in [-0.05, 0) is 17.7 Å². The molecule has 98 valence electrons. The summed E-state index contributed by atoms with van der Waals surface area (Å²) in [6.07, 6.45) is 0. The van der Waals surface area contributed by atoms with E-state index >= 15 is 0 Å². The summed E-state index contributed by atoms with van der Waals surface area (Å²) in [4.78, 5) is 22.2. The van der Waals surface area contributed by atoms with Crippen LogP contribution in [0.4, 0.5) is 4.39 Å². The molecule has 7 heteroatoms. The maximum absolute atomic E-state index is 13.7. The number of aliphatic carboxylic acids is 1. The molecule has 0 aliphatic carbocycles. The Balaban J connectivity index is 3.39. The Morgan fingerprint density at radius 2 is 2.00 bits per heavy atom. The molecule has 0 radical (unpaired) electrons. The summed E-state index contributed by atoms with van der Waals surface area (Å²) in [6, 6.07) is 0.602. The van der Waals surface area contributed by atoms with E-state index in [9.17, 15) is 14.0 Å². The maximum atomic E-state index is 13.7. The second-order valence-electron chi connectivity index (χ2n) is 3.39. The molecule has 0 heterocycles. The first-order valence-electron chi connectivity index (χ1n) is 4.86. The van der Waals surface area contributed by atoms with Crippen molar-refractivity contribution < 1.29 is 28.6 Å². The Morgan fingerprint density at radius 1 is 1.39 bits per heavy atom. The van der Waals surface area contributed by atoms with Crippen molar-refractivity contribution in [3.05, 3.63) is 29.1 Å². The van der Waals surface area contributed by atoms with E-state index in [-0.39, 0.29) is 16.9 Å². The minimum Gasteiger partial charge on any atom is -0.493 e. The molecule has 0 aliphatic heterocycles. The normalized spacial score (nSPS) is 11.8. The van der Waals surface area contributed by atoms with Gasteiger partial charge in [0.15, 0.2) is 11.6 Å². The second-order valence-corrected chi connectivity index (χ2v) is 3.39. The fourth-order valence-electron chi connectivity index (χ4n) is 1.41. The van der Waals surface area contributed by atoms with Gasteiger partial charge in [-0.3, -0.25) is 4.79 Å². The molecular formula is C11H12FNO5. The quantitative estimate of drug-likeness (QED) is 0.770. The largest absolute Gasteiger partial charge is 0.493 e. The monoisotopic (exact) mass is 257 g/mol. The minimum absolute atomic E-state index is 0.0544. The van der Waals surface area contributed by atoms with Crippen LogP contribution in [0.25, 0.3) is 0 Å². The predicted octanol–water partition coefficient (Wildman–Crippen LogP) is 0.705. The van der Waals surface area contributed by atoms with Gasteiger partial charge in [0.1, 0.15) is 11.6 Å². The zero-order valence-corrected chi connectivity index (χ0v) is 9.77. The van der Waals surface area contributed by atoms with Crippen molar-refractivity contribution in [3.8, 4) is 5.75 Å². The molecule has 3 N–H and O–H groups in total. The van der Waals surface area contributed by atoms with Crippen LogP contribution in [0.2, 0.25) is 0 Å². The number of esters is 1. The molecule has 1 aromatic carbocycles. The number of carboxylic acids is 1. The molecule has 1 aromatic rings. The van der Waals surface area contributed by atoms with E-state index in [2.05, 4.69) is 4.74 Å².